The van der Waals surface area contributed by atoms with Crippen molar-refractivity contribution in [2.24, 2.45) is 0 Å². The molecular weight excluding hydrogens is 211 g/mol. The molecule has 0 saturated carbocycles. The van der Waals surface area contributed by atoms with Crippen LogP contribution in [0.5, 0.6) is 0 Å². The van der Waals surface area contributed by atoms with Crippen LogP contribution in [-0.2, 0) is 0 Å². The number of para-hydroxylation sites is 1. The van der Waals surface area contributed by atoms with Crippen LogP contribution >= 0.6 is 0 Å². The summed E-state index contributed by atoms with van der Waals surface area (Å²) in [6.45, 7) is 1.61. The maximum absolute atomic E-state index is 13.5. The molecule has 5 heteroatoms. The van der Waals surface area contributed by atoms with Crippen LogP contribution < -0.4 is 11.1 Å². The highest BCUT2D eigenvalue weighted by Crippen LogP contribution is 2.11. The summed E-state index contributed by atoms with van der Waals surface area (Å²) in [7, 11) is 0. The lowest BCUT2D eigenvalue weighted by molar-refractivity contribution is 0.613. The first-order chi connectivity index (χ1) is 7.61. The molecular formula is C11H9FN2O2. The molecule has 1 N–H and O–H groups in total. The third kappa shape index (κ3) is 1.56. The quantitative estimate of drug-likeness (QED) is 0.728. The van der Waals surface area contributed by atoms with E-state index in [1.807, 2.05) is 0 Å². The Balaban J connectivity index is 2.85. The highest BCUT2D eigenvalue weighted by atomic mass is 19.1. The molecule has 0 fully saturated rings. The summed E-state index contributed by atoms with van der Waals surface area (Å²) in [5.41, 5.74) is -1.01. The summed E-state index contributed by atoms with van der Waals surface area (Å²) in [5, 5.41) is 0. The molecule has 4 nitrogen and oxygen atoms in total. The van der Waals surface area contributed by atoms with E-state index in [9.17, 15) is 14.0 Å². The van der Waals surface area contributed by atoms with Gasteiger partial charge in [0.05, 0.1) is 5.69 Å². The number of halogens is 1. The van der Waals surface area contributed by atoms with Crippen LogP contribution in [0.1, 0.15) is 5.69 Å². The third-order valence-corrected chi connectivity index (χ3v) is 2.26. The van der Waals surface area contributed by atoms with Gasteiger partial charge < -0.3 is 4.98 Å². The molecule has 0 aliphatic rings. The summed E-state index contributed by atoms with van der Waals surface area (Å²) < 4.78 is 14.5. The minimum Gasteiger partial charge on any atom is -0.323 e. The van der Waals surface area contributed by atoms with E-state index in [1.165, 1.54) is 24.4 Å². The van der Waals surface area contributed by atoms with Crippen LogP contribution in [0.4, 0.5) is 4.39 Å². The van der Waals surface area contributed by atoms with Gasteiger partial charge in [-0.15, -0.1) is 0 Å². The van der Waals surface area contributed by atoms with Gasteiger partial charge in [-0.05, 0) is 19.1 Å². The predicted molar refractivity (Wildman–Crippen MR) is 57.4 cm³/mol. The number of hydrogen-bond donors (Lipinski definition) is 1. The standard InChI is InChI=1S/C11H9FN2O2/c1-7-6-13-10(15)11(16)14(7)9-5-3-2-4-8(9)12/h2-6H,1H3,(H,13,15). The molecule has 0 aliphatic carbocycles. The molecule has 2 aromatic rings. The summed E-state index contributed by atoms with van der Waals surface area (Å²) in [6.07, 6.45) is 1.37. The predicted octanol–water partition coefficient (Wildman–Crippen LogP) is 0.973. The summed E-state index contributed by atoms with van der Waals surface area (Å²) >= 11 is 0. The minimum atomic E-state index is -0.787. The van der Waals surface area contributed by atoms with Gasteiger partial charge in [-0.3, -0.25) is 14.2 Å². The van der Waals surface area contributed by atoms with Gasteiger partial charge in [-0.1, -0.05) is 12.1 Å². The fraction of sp³-hybridized carbons (Fsp3) is 0.0909. The smallest absolute Gasteiger partial charge is 0.321 e. The molecule has 1 heterocycles. The summed E-state index contributed by atoms with van der Waals surface area (Å²) in [4.78, 5) is 25.0. The van der Waals surface area contributed by atoms with Gasteiger partial charge in [0.25, 0.3) is 0 Å². The number of rotatable bonds is 1. The molecule has 0 radical (unpaired) electrons. The van der Waals surface area contributed by atoms with Crippen LogP contribution in [-0.4, -0.2) is 9.55 Å². The Hall–Kier alpha value is -2.17. The van der Waals surface area contributed by atoms with Crippen molar-refractivity contribution in [1.29, 1.82) is 0 Å². The maximum atomic E-state index is 13.5. The van der Waals surface area contributed by atoms with Crippen molar-refractivity contribution in [2.75, 3.05) is 0 Å². The second-order valence-corrected chi connectivity index (χ2v) is 3.35. The van der Waals surface area contributed by atoms with Crippen LogP contribution in [0.3, 0.4) is 0 Å². The number of H-pyrrole nitrogens is 1. The Labute approximate surface area is 90.0 Å². The lowest BCUT2D eigenvalue weighted by Gasteiger charge is -2.08. The monoisotopic (exact) mass is 220 g/mol. The van der Waals surface area contributed by atoms with Gasteiger partial charge in [0, 0.05) is 11.9 Å². The fourth-order valence-corrected chi connectivity index (χ4v) is 1.49. The Morgan fingerprint density at radius 2 is 1.94 bits per heavy atom. The molecule has 0 bridgehead atoms. The number of benzene rings is 1. The summed E-state index contributed by atoms with van der Waals surface area (Å²) in [5.74, 6) is -0.543. The molecule has 1 aromatic heterocycles. The highest BCUT2D eigenvalue weighted by molar-refractivity contribution is 5.34. The zero-order valence-corrected chi connectivity index (χ0v) is 8.53. The van der Waals surface area contributed by atoms with E-state index in [0.29, 0.717) is 5.69 Å². The van der Waals surface area contributed by atoms with Gasteiger partial charge in [0.1, 0.15) is 5.82 Å². The van der Waals surface area contributed by atoms with Crippen LogP contribution in [0, 0.1) is 12.7 Å². The van der Waals surface area contributed by atoms with E-state index in [0.717, 1.165) is 4.57 Å². The average molecular weight is 220 g/mol. The lowest BCUT2D eigenvalue weighted by Crippen LogP contribution is -2.36. The Morgan fingerprint density at radius 3 is 2.62 bits per heavy atom. The van der Waals surface area contributed by atoms with Gasteiger partial charge in [0.15, 0.2) is 0 Å². The van der Waals surface area contributed by atoms with E-state index in [1.54, 1.807) is 13.0 Å². The number of aryl methyl sites for hydroxylation is 1. The van der Waals surface area contributed by atoms with E-state index in [2.05, 4.69) is 4.98 Å². The van der Waals surface area contributed by atoms with Crippen molar-refractivity contribution in [1.82, 2.24) is 9.55 Å². The van der Waals surface area contributed by atoms with Crippen molar-refractivity contribution in [2.45, 2.75) is 6.92 Å². The zero-order chi connectivity index (χ0) is 11.7. The topological polar surface area (TPSA) is 54.9 Å². The molecule has 1 aromatic carbocycles. The average Bonchev–Trinajstić information content (AvgIpc) is 2.27. The molecule has 0 spiro atoms. The molecule has 2 rings (SSSR count). The second-order valence-electron chi connectivity index (χ2n) is 3.35. The minimum absolute atomic E-state index is 0.0797. The Bertz CT molecular complexity index is 643. The van der Waals surface area contributed by atoms with Crippen LogP contribution in [0.15, 0.2) is 40.1 Å². The first-order valence-electron chi connectivity index (χ1n) is 4.67. The largest absolute Gasteiger partial charge is 0.323 e. The number of nitrogens with zero attached hydrogens (tertiary/aromatic N) is 1. The molecule has 0 amide bonds. The molecule has 0 unspecified atom stereocenters. The van der Waals surface area contributed by atoms with Crippen LogP contribution in [0.2, 0.25) is 0 Å². The van der Waals surface area contributed by atoms with Crippen molar-refractivity contribution in [3.05, 3.63) is 62.7 Å². The SMILES string of the molecule is Cc1c[nH]c(=O)c(=O)n1-c1ccccc1F. The van der Waals surface area contributed by atoms with Crippen molar-refractivity contribution >= 4 is 0 Å². The summed E-state index contributed by atoms with van der Waals surface area (Å²) in [6, 6.07) is 5.81. The van der Waals surface area contributed by atoms with E-state index in [-0.39, 0.29) is 5.69 Å². The number of hydrogen-bond acceptors (Lipinski definition) is 2. The zero-order valence-electron chi connectivity index (χ0n) is 8.53. The van der Waals surface area contributed by atoms with Gasteiger partial charge in [0.2, 0.25) is 0 Å². The van der Waals surface area contributed by atoms with Crippen LogP contribution in [0.25, 0.3) is 5.69 Å². The van der Waals surface area contributed by atoms with Crippen molar-refractivity contribution in [3.8, 4) is 5.69 Å². The normalized spacial score (nSPS) is 10.4. The maximum Gasteiger partial charge on any atom is 0.321 e. The van der Waals surface area contributed by atoms with E-state index in [4.69, 9.17) is 0 Å². The molecule has 0 aliphatic heterocycles. The van der Waals surface area contributed by atoms with Crippen molar-refractivity contribution < 1.29 is 4.39 Å². The van der Waals surface area contributed by atoms with Gasteiger partial charge >= 0.3 is 11.1 Å². The highest BCUT2D eigenvalue weighted by Gasteiger charge is 2.09. The van der Waals surface area contributed by atoms with Gasteiger partial charge in [-0.2, -0.15) is 0 Å². The number of aromatic amines is 1. The Morgan fingerprint density at radius 1 is 1.25 bits per heavy atom. The first kappa shape index (κ1) is 10.4. The van der Waals surface area contributed by atoms with Crippen molar-refractivity contribution in [3.63, 3.8) is 0 Å². The van der Waals surface area contributed by atoms with E-state index >= 15 is 0 Å². The third-order valence-electron chi connectivity index (χ3n) is 2.26. The molecule has 16 heavy (non-hydrogen) atoms. The fourth-order valence-electron chi connectivity index (χ4n) is 1.49. The lowest BCUT2D eigenvalue weighted by atomic mass is 10.3. The second kappa shape index (κ2) is 3.77. The first-order valence-corrected chi connectivity index (χ1v) is 4.67. The van der Waals surface area contributed by atoms with E-state index < -0.39 is 16.9 Å². The number of aromatic nitrogens is 2. The number of nitrogens with one attached hydrogen (secondary N) is 1. The van der Waals surface area contributed by atoms with Gasteiger partial charge in [-0.25, -0.2) is 4.39 Å². The molecule has 82 valence electrons. The molecule has 0 saturated heterocycles. The Kier molecular flexibility index (Phi) is 2.44. The molecule has 0 atom stereocenters.